The summed E-state index contributed by atoms with van der Waals surface area (Å²) in [5, 5.41) is 1.10. The molecule has 0 aliphatic heterocycles. The van der Waals surface area contributed by atoms with Crippen LogP contribution in [0, 0.1) is 13.8 Å². The van der Waals surface area contributed by atoms with Gasteiger partial charge in [-0.05, 0) is 45.4 Å². The minimum absolute atomic E-state index is 0.363. The third-order valence-electron chi connectivity index (χ3n) is 4.21. The lowest BCUT2D eigenvalue weighted by molar-refractivity contribution is 0.600. The van der Waals surface area contributed by atoms with Gasteiger partial charge in [-0.25, -0.2) is 9.97 Å². The second-order valence-electron chi connectivity index (χ2n) is 6.29. The number of hydrogen-bond donors (Lipinski definition) is 1. The Bertz CT molecular complexity index is 1020. The highest BCUT2D eigenvalue weighted by Gasteiger charge is 2.14. The summed E-state index contributed by atoms with van der Waals surface area (Å²) in [4.78, 5) is 16.9. The maximum absolute atomic E-state index is 4.62. The molecule has 0 aromatic carbocycles. The van der Waals surface area contributed by atoms with Crippen molar-refractivity contribution in [3.05, 3.63) is 42.1 Å². The number of fused-ring (bicyclic) bond motifs is 2. The van der Waals surface area contributed by atoms with Gasteiger partial charge in [-0.3, -0.25) is 4.98 Å². The van der Waals surface area contributed by atoms with Gasteiger partial charge in [-0.2, -0.15) is 0 Å². The van der Waals surface area contributed by atoms with Crippen molar-refractivity contribution in [2.75, 3.05) is 0 Å². The number of aromatic nitrogens is 5. The molecule has 0 saturated carbocycles. The number of nitrogens with zero attached hydrogens (tertiary/aromatic N) is 4. The van der Waals surface area contributed by atoms with E-state index in [2.05, 4.69) is 57.4 Å². The lowest BCUT2D eigenvalue weighted by atomic mass is 10.1. The van der Waals surface area contributed by atoms with E-state index in [4.69, 9.17) is 0 Å². The van der Waals surface area contributed by atoms with Crippen LogP contribution in [0.15, 0.2) is 30.7 Å². The molecule has 4 aromatic rings. The number of imidazole rings is 1. The van der Waals surface area contributed by atoms with Crippen LogP contribution in [0.5, 0.6) is 0 Å². The average Bonchev–Trinajstić information content (AvgIpc) is 3.05. The van der Waals surface area contributed by atoms with Crippen LogP contribution in [-0.4, -0.2) is 24.5 Å². The van der Waals surface area contributed by atoms with E-state index in [-0.39, 0.29) is 0 Å². The molecule has 4 rings (SSSR count). The molecule has 116 valence electrons. The van der Waals surface area contributed by atoms with Crippen LogP contribution in [-0.2, 0) is 0 Å². The van der Waals surface area contributed by atoms with Crippen molar-refractivity contribution in [3.8, 4) is 11.3 Å². The molecule has 0 aliphatic carbocycles. The van der Waals surface area contributed by atoms with Crippen molar-refractivity contribution in [1.82, 2.24) is 24.5 Å². The van der Waals surface area contributed by atoms with Crippen LogP contribution < -0.4 is 0 Å². The Morgan fingerprint density at radius 3 is 2.70 bits per heavy atom. The van der Waals surface area contributed by atoms with Crippen LogP contribution in [0.25, 0.3) is 33.3 Å². The number of aryl methyl sites for hydroxylation is 2. The van der Waals surface area contributed by atoms with Gasteiger partial charge in [-0.1, -0.05) is 0 Å². The topological polar surface area (TPSA) is 59.4 Å². The van der Waals surface area contributed by atoms with Gasteiger partial charge < -0.3 is 9.55 Å². The van der Waals surface area contributed by atoms with E-state index in [0.717, 1.165) is 44.7 Å². The molecule has 0 bridgehead atoms. The molecule has 5 heteroatoms. The van der Waals surface area contributed by atoms with E-state index in [1.807, 2.05) is 25.5 Å². The normalized spacial score (nSPS) is 11.9. The highest BCUT2D eigenvalue weighted by molar-refractivity contribution is 5.94. The number of H-pyrrole nitrogens is 1. The summed E-state index contributed by atoms with van der Waals surface area (Å²) < 4.78 is 2.25. The lowest BCUT2D eigenvalue weighted by Gasteiger charge is -2.11. The predicted molar refractivity (Wildman–Crippen MR) is 92.5 cm³/mol. The van der Waals surface area contributed by atoms with E-state index >= 15 is 0 Å². The first kappa shape index (κ1) is 13.9. The minimum atomic E-state index is 0.363. The van der Waals surface area contributed by atoms with Gasteiger partial charge in [0.05, 0.1) is 17.4 Å². The molecular formula is C18H19N5. The number of aromatic amines is 1. The van der Waals surface area contributed by atoms with Crippen LogP contribution in [0.1, 0.15) is 31.3 Å². The van der Waals surface area contributed by atoms with E-state index in [1.54, 1.807) is 0 Å². The van der Waals surface area contributed by atoms with E-state index < -0.39 is 0 Å². The number of pyridine rings is 2. The molecule has 0 atom stereocenters. The fraction of sp³-hybridized carbons (Fsp3) is 0.278. The smallest absolute Gasteiger partial charge is 0.137 e. The van der Waals surface area contributed by atoms with Gasteiger partial charge in [0.1, 0.15) is 17.0 Å². The van der Waals surface area contributed by atoms with Crippen LogP contribution in [0.3, 0.4) is 0 Å². The zero-order valence-electron chi connectivity index (χ0n) is 13.8. The first-order chi connectivity index (χ1) is 11.0. The summed E-state index contributed by atoms with van der Waals surface area (Å²) in [6, 6.07) is 4.63. The molecule has 23 heavy (non-hydrogen) atoms. The van der Waals surface area contributed by atoms with Crippen LogP contribution in [0.4, 0.5) is 0 Å². The van der Waals surface area contributed by atoms with E-state index in [0.29, 0.717) is 6.04 Å². The first-order valence-electron chi connectivity index (χ1n) is 7.83. The average molecular weight is 305 g/mol. The highest BCUT2D eigenvalue weighted by atomic mass is 15.1. The Morgan fingerprint density at radius 2 is 1.91 bits per heavy atom. The van der Waals surface area contributed by atoms with Crippen molar-refractivity contribution in [2.24, 2.45) is 0 Å². The van der Waals surface area contributed by atoms with Crippen molar-refractivity contribution in [3.63, 3.8) is 0 Å². The van der Waals surface area contributed by atoms with Crippen LogP contribution in [0.2, 0.25) is 0 Å². The summed E-state index contributed by atoms with van der Waals surface area (Å²) in [5.74, 6) is 1.02. The molecule has 0 spiro atoms. The van der Waals surface area contributed by atoms with Gasteiger partial charge >= 0.3 is 0 Å². The molecular weight excluding hydrogens is 286 g/mol. The van der Waals surface area contributed by atoms with Gasteiger partial charge in [0.2, 0.25) is 0 Å². The van der Waals surface area contributed by atoms with E-state index in [9.17, 15) is 0 Å². The van der Waals surface area contributed by atoms with Gasteiger partial charge in [0, 0.05) is 29.4 Å². The summed E-state index contributed by atoms with van der Waals surface area (Å²) in [6.45, 7) is 8.44. The molecule has 1 N–H and O–H groups in total. The summed E-state index contributed by atoms with van der Waals surface area (Å²) in [5.41, 5.74) is 6.11. The standard InChI is InChI=1S/C18H19N5/c1-10(2)23-12(4)22-16-9-19-15(6-17(16)23)14-8-21-18-13(14)5-11(3)7-20-18/h5-10H,1-4H3,(H,20,21). The second-order valence-corrected chi connectivity index (χ2v) is 6.29. The zero-order chi connectivity index (χ0) is 16.1. The Morgan fingerprint density at radius 1 is 1.09 bits per heavy atom. The van der Waals surface area contributed by atoms with Crippen molar-refractivity contribution < 1.29 is 0 Å². The zero-order valence-corrected chi connectivity index (χ0v) is 13.8. The van der Waals surface area contributed by atoms with Crippen LogP contribution >= 0.6 is 0 Å². The molecule has 0 aliphatic rings. The van der Waals surface area contributed by atoms with Gasteiger partial charge in [-0.15, -0.1) is 0 Å². The summed E-state index contributed by atoms with van der Waals surface area (Å²) >= 11 is 0. The molecule has 0 saturated heterocycles. The monoisotopic (exact) mass is 305 g/mol. The van der Waals surface area contributed by atoms with Crippen molar-refractivity contribution >= 4 is 22.1 Å². The maximum atomic E-state index is 4.62. The van der Waals surface area contributed by atoms with Crippen molar-refractivity contribution in [1.29, 1.82) is 0 Å². The summed E-state index contributed by atoms with van der Waals surface area (Å²) in [7, 11) is 0. The molecule has 0 fully saturated rings. The number of nitrogens with one attached hydrogen (secondary N) is 1. The quantitative estimate of drug-likeness (QED) is 0.604. The molecule has 4 aromatic heterocycles. The first-order valence-corrected chi connectivity index (χ1v) is 7.83. The maximum Gasteiger partial charge on any atom is 0.137 e. The number of hydrogen-bond acceptors (Lipinski definition) is 3. The lowest BCUT2D eigenvalue weighted by Crippen LogP contribution is -2.02. The van der Waals surface area contributed by atoms with Gasteiger partial charge in [0.15, 0.2) is 0 Å². The predicted octanol–water partition coefficient (Wildman–Crippen LogP) is 4.17. The fourth-order valence-electron chi connectivity index (χ4n) is 3.24. The molecule has 5 nitrogen and oxygen atoms in total. The Kier molecular flexibility index (Phi) is 2.98. The molecule has 0 radical (unpaired) electrons. The Hall–Kier alpha value is -2.69. The molecule has 4 heterocycles. The largest absolute Gasteiger partial charge is 0.345 e. The highest BCUT2D eigenvalue weighted by Crippen LogP contribution is 2.30. The minimum Gasteiger partial charge on any atom is -0.345 e. The molecule has 0 unspecified atom stereocenters. The third-order valence-corrected chi connectivity index (χ3v) is 4.21. The van der Waals surface area contributed by atoms with E-state index in [1.165, 1.54) is 0 Å². The summed E-state index contributed by atoms with van der Waals surface area (Å²) in [6.07, 6.45) is 5.71. The SMILES string of the molecule is Cc1cnc2[nH]cc(-c3cc4c(cn3)nc(C)n4C(C)C)c2c1. The fourth-order valence-corrected chi connectivity index (χ4v) is 3.24. The number of rotatable bonds is 2. The molecule has 0 amide bonds. The Balaban J connectivity index is 1.97. The third kappa shape index (κ3) is 2.11. The second kappa shape index (κ2) is 4.91. The Labute approximate surface area is 134 Å². The van der Waals surface area contributed by atoms with Crippen molar-refractivity contribution in [2.45, 2.75) is 33.7 Å². The van der Waals surface area contributed by atoms with Gasteiger partial charge in [0.25, 0.3) is 0 Å².